The Balaban J connectivity index is 2.45. The molecule has 1 rings (SSSR count). The monoisotopic (exact) mass is 272 g/mol. The molecule has 1 N–H and O–H groups in total. The highest BCUT2D eigenvalue weighted by molar-refractivity contribution is 7.89. The van der Waals surface area contributed by atoms with E-state index < -0.39 is 20.0 Å². The first kappa shape index (κ1) is 13.8. The Morgan fingerprint density at radius 3 is 2.25 bits per heavy atom. The maximum Gasteiger partial charge on any atom is 0.215 e. The third-order valence-electron chi connectivity index (χ3n) is 2.09. The second-order valence-corrected chi connectivity index (χ2v) is 7.42. The number of morpholine rings is 1. The van der Waals surface area contributed by atoms with Crippen LogP contribution in [0.15, 0.2) is 0 Å². The first-order valence-corrected chi connectivity index (χ1v) is 8.31. The molecule has 0 radical (unpaired) electrons. The Hall–Kier alpha value is -0.220. The maximum absolute atomic E-state index is 11.7. The van der Waals surface area contributed by atoms with Gasteiger partial charge in [0.2, 0.25) is 20.0 Å². The lowest BCUT2D eigenvalue weighted by Crippen LogP contribution is -2.43. The summed E-state index contributed by atoms with van der Waals surface area (Å²) in [6.07, 6.45) is 0.994. The van der Waals surface area contributed by atoms with Crippen LogP contribution in [0.2, 0.25) is 0 Å². The van der Waals surface area contributed by atoms with E-state index in [1.54, 1.807) is 0 Å². The standard InChI is InChI=1S/C7H16N2O5S2/c1-15(10,11)8-2-7-16(12,13)9-3-5-14-6-4-9/h8H,2-7H2,1H3. The summed E-state index contributed by atoms with van der Waals surface area (Å²) in [5.74, 6) is -0.222. The van der Waals surface area contributed by atoms with Crippen LogP contribution in [0.25, 0.3) is 0 Å². The van der Waals surface area contributed by atoms with Crippen LogP contribution in [-0.2, 0) is 24.8 Å². The molecular formula is C7H16N2O5S2. The minimum atomic E-state index is -3.38. The first-order valence-electron chi connectivity index (χ1n) is 4.81. The van der Waals surface area contributed by atoms with E-state index in [1.807, 2.05) is 0 Å². The second-order valence-electron chi connectivity index (χ2n) is 3.49. The Morgan fingerprint density at radius 2 is 1.75 bits per heavy atom. The quantitative estimate of drug-likeness (QED) is 0.637. The van der Waals surface area contributed by atoms with Gasteiger partial charge >= 0.3 is 0 Å². The smallest absolute Gasteiger partial charge is 0.215 e. The normalized spacial score (nSPS) is 19.8. The molecule has 0 unspecified atom stereocenters. The van der Waals surface area contributed by atoms with Gasteiger partial charge in [0, 0.05) is 19.6 Å². The Labute approximate surface area is 95.9 Å². The molecule has 1 aliphatic rings. The third kappa shape index (κ3) is 4.74. The zero-order valence-corrected chi connectivity index (χ0v) is 10.7. The van der Waals surface area contributed by atoms with Crippen molar-refractivity contribution < 1.29 is 21.6 Å². The molecule has 0 aromatic rings. The number of rotatable bonds is 5. The fourth-order valence-electron chi connectivity index (χ4n) is 1.31. The molecule has 7 nitrogen and oxygen atoms in total. The molecule has 1 heterocycles. The lowest BCUT2D eigenvalue weighted by Gasteiger charge is -2.25. The fourth-order valence-corrected chi connectivity index (χ4v) is 3.24. The highest BCUT2D eigenvalue weighted by atomic mass is 32.2. The zero-order valence-electron chi connectivity index (χ0n) is 9.05. The topological polar surface area (TPSA) is 92.8 Å². The van der Waals surface area contributed by atoms with Gasteiger partial charge in [-0.15, -0.1) is 0 Å². The lowest BCUT2D eigenvalue weighted by molar-refractivity contribution is 0.0730. The Kier molecular flexibility index (Phi) is 4.68. The van der Waals surface area contributed by atoms with E-state index in [9.17, 15) is 16.8 Å². The minimum Gasteiger partial charge on any atom is -0.379 e. The van der Waals surface area contributed by atoms with Crippen LogP contribution < -0.4 is 4.72 Å². The molecule has 96 valence electrons. The summed E-state index contributed by atoms with van der Waals surface area (Å²) in [5.41, 5.74) is 0. The largest absolute Gasteiger partial charge is 0.379 e. The molecule has 1 aliphatic heterocycles. The average Bonchev–Trinajstić information content (AvgIpc) is 2.17. The predicted molar refractivity (Wildman–Crippen MR) is 59.0 cm³/mol. The molecule has 0 aliphatic carbocycles. The number of sulfonamides is 2. The molecule has 0 atom stereocenters. The summed E-state index contributed by atoms with van der Waals surface area (Å²) in [7, 11) is -6.71. The van der Waals surface area contributed by atoms with Crippen LogP contribution in [0.4, 0.5) is 0 Å². The van der Waals surface area contributed by atoms with E-state index >= 15 is 0 Å². The van der Waals surface area contributed by atoms with E-state index in [4.69, 9.17) is 4.74 Å². The van der Waals surface area contributed by atoms with Gasteiger partial charge in [-0.3, -0.25) is 0 Å². The number of nitrogens with zero attached hydrogens (tertiary/aromatic N) is 1. The highest BCUT2D eigenvalue weighted by Gasteiger charge is 2.23. The summed E-state index contributed by atoms with van der Waals surface area (Å²) in [4.78, 5) is 0. The van der Waals surface area contributed by atoms with Crippen molar-refractivity contribution in [1.29, 1.82) is 0 Å². The maximum atomic E-state index is 11.7. The van der Waals surface area contributed by atoms with Gasteiger partial charge in [0.25, 0.3) is 0 Å². The summed E-state index contributed by atoms with van der Waals surface area (Å²) in [6.45, 7) is 1.35. The van der Waals surface area contributed by atoms with Crippen molar-refractivity contribution in [3.8, 4) is 0 Å². The summed E-state index contributed by atoms with van der Waals surface area (Å²) >= 11 is 0. The van der Waals surface area contributed by atoms with Crippen LogP contribution in [0.3, 0.4) is 0 Å². The van der Waals surface area contributed by atoms with Gasteiger partial charge in [-0.25, -0.2) is 21.6 Å². The van der Waals surface area contributed by atoms with Crippen molar-refractivity contribution in [2.45, 2.75) is 0 Å². The molecule has 0 spiro atoms. The predicted octanol–water partition coefficient (Wildman–Crippen LogP) is -1.80. The van der Waals surface area contributed by atoms with E-state index in [1.165, 1.54) is 4.31 Å². The van der Waals surface area contributed by atoms with Crippen molar-refractivity contribution in [3.05, 3.63) is 0 Å². The first-order chi connectivity index (χ1) is 7.31. The summed E-state index contributed by atoms with van der Waals surface area (Å²) < 4.78 is 53.4. The molecule has 0 amide bonds. The van der Waals surface area contributed by atoms with E-state index in [0.717, 1.165) is 6.26 Å². The molecule has 1 fully saturated rings. The van der Waals surface area contributed by atoms with Crippen LogP contribution >= 0.6 is 0 Å². The van der Waals surface area contributed by atoms with Gasteiger partial charge in [0.15, 0.2) is 0 Å². The van der Waals surface area contributed by atoms with E-state index in [2.05, 4.69) is 4.72 Å². The van der Waals surface area contributed by atoms with Crippen molar-refractivity contribution in [1.82, 2.24) is 9.03 Å². The number of hydrogen-bond donors (Lipinski definition) is 1. The lowest BCUT2D eigenvalue weighted by atomic mass is 10.5. The van der Waals surface area contributed by atoms with Gasteiger partial charge < -0.3 is 4.74 Å². The van der Waals surface area contributed by atoms with Gasteiger partial charge in [0.1, 0.15) is 0 Å². The number of hydrogen-bond acceptors (Lipinski definition) is 5. The van der Waals surface area contributed by atoms with Gasteiger partial charge in [-0.2, -0.15) is 4.31 Å². The highest BCUT2D eigenvalue weighted by Crippen LogP contribution is 2.04. The molecule has 1 saturated heterocycles. The van der Waals surface area contributed by atoms with Crippen LogP contribution in [0.1, 0.15) is 0 Å². The molecule has 9 heteroatoms. The van der Waals surface area contributed by atoms with Crippen molar-refractivity contribution in [2.24, 2.45) is 0 Å². The summed E-state index contributed by atoms with van der Waals surface area (Å²) in [5, 5.41) is 0. The molecule has 0 bridgehead atoms. The van der Waals surface area contributed by atoms with Gasteiger partial charge in [-0.05, 0) is 0 Å². The molecule has 16 heavy (non-hydrogen) atoms. The zero-order chi connectivity index (χ0) is 12.2. The molecule has 0 saturated carbocycles. The third-order valence-corrected chi connectivity index (χ3v) is 4.69. The van der Waals surface area contributed by atoms with E-state index in [-0.39, 0.29) is 12.3 Å². The summed E-state index contributed by atoms with van der Waals surface area (Å²) in [6, 6.07) is 0. The van der Waals surface area contributed by atoms with Crippen molar-refractivity contribution >= 4 is 20.0 Å². The van der Waals surface area contributed by atoms with Crippen LogP contribution in [-0.4, -0.2) is 66.0 Å². The Bertz CT molecular complexity index is 410. The van der Waals surface area contributed by atoms with Crippen LogP contribution in [0.5, 0.6) is 0 Å². The molecular weight excluding hydrogens is 256 g/mol. The Morgan fingerprint density at radius 1 is 1.19 bits per heavy atom. The molecule has 0 aromatic heterocycles. The average molecular weight is 272 g/mol. The van der Waals surface area contributed by atoms with Crippen LogP contribution in [0, 0.1) is 0 Å². The number of nitrogens with one attached hydrogen (secondary N) is 1. The van der Waals surface area contributed by atoms with Gasteiger partial charge in [0.05, 0.1) is 25.2 Å². The fraction of sp³-hybridized carbons (Fsp3) is 1.00. The van der Waals surface area contributed by atoms with Gasteiger partial charge in [-0.1, -0.05) is 0 Å². The van der Waals surface area contributed by atoms with Crippen molar-refractivity contribution in [2.75, 3.05) is 44.9 Å². The van der Waals surface area contributed by atoms with Crippen molar-refractivity contribution in [3.63, 3.8) is 0 Å². The minimum absolute atomic E-state index is 0.0987. The van der Waals surface area contributed by atoms with E-state index in [0.29, 0.717) is 26.3 Å². The number of ether oxygens (including phenoxy) is 1. The SMILES string of the molecule is CS(=O)(=O)NCCS(=O)(=O)N1CCOCC1. The second kappa shape index (κ2) is 5.41. The molecule has 0 aromatic carbocycles.